The van der Waals surface area contributed by atoms with E-state index in [1.54, 1.807) is 0 Å². The van der Waals surface area contributed by atoms with Crippen molar-refractivity contribution in [3.63, 3.8) is 0 Å². The van der Waals surface area contributed by atoms with Crippen molar-refractivity contribution < 1.29 is 0 Å². The monoisotopic (exact) mass is 143 g/mol. The molecule has 0 nitrogen and oxygen atoms in total. The highest BCUT2D eigenvalue weighted by Crippen LogP contribution is 2.12. The van der Waals surface area contributed by atoms with Gasteiger partial charge in [-0.05, 0) is 0 Å². The minimum Gasteiger partial charge on any atom is -0.230 e. The third kappa shape index (κ3) is 1.60. The Balaban J connectivity index is 3.31. The Bertz CT molecular complexity index is 282. The molecule has 0 bridgehead atoms. The molecule has 0 spiro atoms. The van der Waals surface area contributed by atoms with Gasteiger partial charge in [0.25, 0.3) is 0 Å². The summed E-state index contributed by atoms with van der Waals surface area (Å²) in [5, 5.41) is 0. The summed E-state index contributed by atoms with van der Waals surface area (Å²) < 4.78 is 0. The van der Waals surface area contributed by atoms with Gasteiger partial charge in [-0.15, -0.1) is 35.4 Å². The first-order valence-corrected chi connectivity index (χ1v) is 3.60. The van der Waals surface area contributed by atoms with Crippen molar-refractivity contribution in [1.82, 2.24) is 0 Å². The molecule has 0 atom stereocenters. The lowest BCUT2D eigenvalue weighted by Gasteiger charge is -2.09. The van der Waals surface area contributed by atoms with Crippen LogP contribution < -0.4 is 0 Å². The summed E-state index contributed by atoms with van der Waals surface area (Å²) in [4.78, 5) is 0. The van der Waals surface area contributed by atoms with Crippen molar-refractivity contribution in [3.8, 4) is 0 Å². The Morgan fingerprint density at radius 1 is 1.27 bits per heavy atom. The summed E-state index contributed by atoms with van der Waals surface area (Å²) in [5.41, 5.74) is 6.23. The van der Waals surface area contributed by atoms with Crippen molar-refractivity contribution in [2.45, 2.75) is 13.8 Å². The molecular weight excluding hydrogens is 132 g/mol. The van der Waals surface area contributed by atoms with E-state index in [-0.39, 0.29) is 0 Å². The molecule has 0 N–H and O–H groups in total. The molecule has 0 heteroatoms. The Morgan fingerprint density at radius 2 is 1.82 bits per heavy atom. The fourth-order valence-corrected chi connectivity index (χ4v) is 1.10. The average Bonchev–Trinajstić information content (AvgIpc) is 1.97. The Hall–Kier alpha value is -1.26. The summed E-state index contributed by atoms with van der Waals surface area (Å²) in [7, 11) is 0. The minimum absolute atomic E-state index is 1.11. The summed E-state index contributed by atoms with van der Waals surface area (Å²) in [5.74, 6) is 0. The summed E-state index contributed by atoms with van der Waals surface area (Å²) in [6.07, 6.45) is 2.98. The van der Waals surface area contributed by atoms with E-state index >= 15 is 0 Å². The third-order valence-electron chi connectivity index (χ3n) is 1.69. The van der Waals surface area contributed by atoms with E-state index in [1.807, 2.05) is 6.07 Å². The minimum atomic E-state index is 1.11. The van der Waals surface area contributed by atoms with Gasteiger partial charge in [-0.2, -0.15) is 0 Å². The number of benzene rings is 1. The predicted molar refractivity (Wildman–Crippen MR) is 47.4 cm³/mol. The van der Waals surface area contributed by atoms with Crippen LogP contribution in [-0.2, 0) is 0 Å². The van der Waals surface area contributed by atoms with Gasteiger partial charge in [0.1, 0.15) is 0 Å². The zero-order valence-corrected chi connectivity index (χ0v) is 6.94. The van der Waals surface area contributed by atoms with E-state index in [2.05, 4.69) is 44.4 Å². The Kier molecular flexibility index (Phi) is 2.30. The van der Waals surface area contributed by atoms with Gasteiger partial charge in [0.05, 0.1) is 0 Å². The highest BCUT2D eigenvalue weighted by Gasteiger charge is 1.87. The maximum absolute atomic E-state index is 3.50. The molecule has 0 aliphatic carbocycles. The normalized spacial score (nSPS) is 8.91. The van der Waals surface area contributed by atoms with E-state index < -0.39 is 0 Å². The van der Waals surface area contributed by atoms with Gasteiger partial charge in [-0.1, -0.05) is 26.0 Å². The van der Waals surface area contributed by atoms with Crippen LogP contribution in [0.5, 0.6) is 0 Å². The van der Waals surface area contributed by atoms with Gasteiger partial charge in [0.15, 0.2) is 0 Å². The number of hydrogen-bond donors (Lipinski definition) is 0. The van der Waals surface area contributed by atoms with E-state index in [4.69, 9.17) is 0 Å². The molecule has 56 valence electrons. The SMILES string of the molecule is C=C=[C-]c1c(C)cccc1C. The van der Waals surface area contributed by atoms with Crippen LogP contribution in [0.25, 0.3) is 0 Å². The molecule has 0 aliphatic rings. The first-order chi connectivity index (χ1) is 5.25. The molecule has 0 heterocycles. The van der Waals surface area contributed by atoms with Crippen molar-refractivity contribution in [2.24, 2.45) is 0 Å². The molecule has 0 saturated heterocycles. The molecule has 1 rings (SSSR count). The highest BCUT2D eigenvalue weighted by molar-refractivity contribution is 5.37. The summed E-state index contributed by atoms with van der Waals surface area (Å²) in [6.45, 7) is 7.63. The topological polar surface area (TPSA) is 0 Å². The van der Waals surface area contributed by atoms with Gasteiger partial charge in [0, 0.05) is 0 Å². The maximum Gasteiger partial charge on any atom is -0.0740 e. The van der Waals surface area contributed by atoms with Crippen molar-refractivity contribution in [3.05, 3.63) is 53.3 Å². The lowest BCUT2D eigenvalue weighted by molar-refractivity contribution is 1.32. The quantitative estimate of drug-likeness (QED) is 0.419. The Labute approximate surface area is 67.9 Å². The highest BCUT2D eigenvalue weighted by atomic mass is 14.0. The lowest BCUT2D eigenvalue weighted by Crippen LogP contribution is -1.85. The molecule has 0 aromatic heterocycles. The molecule has 11 heavy (non-hydrogen) atoms. The molecule has 0 amide bonds. The molecule has 0 unspecified atom stereocenters. The van der Waals surface area contributed by atoms with Crippen molar-refractivity contribution >= 4 is 0 Å². The van der Waals surface area contributed by atoms with Crippen LogP contribution in [0.2, 0.25) is 0 Å². The van der Waals surface area contributed by atoms with E-state index in [9.17, 15) is 0 Å². The van der Waals surface area contributed by atoms with Crippen LogP contribution >= 0.6 is 0 Å². The van der Waals surface area contributed by atoms with Gasteiger partial charge in [0.2, 0.25) is 0 Å². The van der Waals surface area contributed by atoms with E-state index in [0.717, 1.165) is 5.56 Å². The standard InChI is InChI=1S/C11H11/c1-4-6-11-9(2)7-5-8-10(11)3/h5,7-8H,1H2,2-3H3/q-1. The molecule has 1 aromatic carbocycles. The number of rotatable bonds is 1. The van der Waals surface area contributed by atoms with Gasteiger partial charge >= 0.3 is 0 Å². The Morgan fingerprint density at radius 3 is 2.27 bits per heavy atom. The van der Waals surface area contributed by atoms with Crippen molar-refractivity contribution in [2.75, 3.05) is 0 Å². The predicted octanol–water partition coefficient (Wildman–Crippen LogP) is 2.80. The van der Waals surface area contributed by atoms with E-state index in [0.29, 0.717) is 0 Å². The van der Waals surface area contributed by atoms with Crippen LogP contribution in [0.1, 0.15) is 16.7 Å². The molecule has 0 saturated carbocycles. The third-order valence-corrected chi connectivity index (χ3v) is 1.69. The summed E-state index contributed by atoms with van der Waals surface area (Å²) >= 11 is 0. The second-order valence-corrected chi connectivity index (χ2v) is 2.57. The fourth-order valence-electron chi connectivity index (χ4n) is 1.10. The van der Waals surface area contributed by atoms with Crippen LogP contribution in [0.15, 0.2) is 30.5 Å². The zero-order valence-electron chi connectivity index (χ0n) is 6.94. The van der Waals surface area contributed by atoms with Gasteiger partial charge < -0.3 is 0 Å². The largest absolute Gasteiger partial charge is 0.230 e. The van der Waals surface area contributed by atoms with Crippen LogP contribution in [0.3, 0.4) is 0 Å². The maximum atomic E-state index is 3.50. The first kappa shape index (κ1) is 7.84. The smallest absolute Gasteiger partial charge is 0.0740 e. The van der Waals surface area contributed by atoms with Crippen molar-refractivity contribution in [1.29, 1.82) is 0 Å². The van der Waals surface area contributed by atoms with Crippen LogP contribution in [-0.4, -0.2) is 0 Å². The van der Waals surface area contributed by atoms with Gasteiger partial charge in [-0.25, -0.2) is 5.73 Å². The fraction of sp³-hybridized carbons (Fsp3) is 0.182. The lowest BCUT2D eigenvalue weighted by atomic mass is 10.0. The number of aryl methyl sites for hydroxylation is 2. The molecule has 0 aliphatic heterocycles. The second-order valence-electron chi connectivity index (χ2n) is 2.57. The first-order valence-electron chi connectivity index (χ1n) is 3.60. The molecule has 0 fully saturated rings. The van der Waals surface area contributed by atoms with E-state index in [1.165, 1.54) is 11.1 Å². The number of hydrogen-bond acceptors (Lipinski definition) is 0. The van der Waals surface area contributed by atoms with Crippen LogP contribution in [0.4, 0.5) is 0 Å². The zero-order chi connectivity index (χ0) is 8.27. The molecule has 1 aromatic rings. The summed E-state index contributed by atoms with van der Waals surface area (Å²) in [6, 6.07) is 6.16. The van der Waals surface area contributed by atoms with Gasteiger partial charge in [-0.3, -0.25) is 0 Å². The van der Waals surface area contributed by atoms with Crippen LogP contribution in [0, 0.1) is 19.9 Å². The molecular formula is C11H11-. The second kappa shape index (κ2) is 3.23. The average molecular weight is 143 g/mol. The molecule has 0 radical (unpaired) electrons.